The van der Waals surface area contributed by atoms with Crippen LogP contribution in [0, 0.1) is 23.3 Å². The number of rotatable bonds is 24. The number of ether oxygens (including phenoxy) is 3. The van der Waals surface area contributed by atoms with Crippen LogP contribution >= 0.6 is 11.8 Å². The Morgan fingerprint density at radius 2 is 1.34 bits per heavy atom. The quantitative estimate of drug-likeness (QED) is 0.0561. The number of hydrogen-bond donors (Lipinski definition) is 4. The Bertz CT molecular complexity index is 1170. The zero-order valence-electron chi connectivity index (χ0n) is 26.3. The normalized spacial score (nSPS) is 18.5. The Morgan fingerprint density at radius 3 is 1.96 bits per heavy atom. The largest absolute Gasteiger partial charge is 0.379 e. The van der Waals surface area contributed by atoms with Crippen molar-refractivity contribution >= 4 is 35.4 Å². The number of nitrogens with one attached hydrogen (secondary N) is 4. The van der Waals surface area contributed by atoms with Crippen molar-refractivity contribution in [1.82, 2.24) is 21.3 Å². The molecule has 47 heavy (non-hydrogen) atoms. The molecule has 0 saturated carbocycles. The van der Waals surface area contributed by atoms with Crippen LogP contribution in [-0.4, -0.2) is 99.4 Å². The van der Waals surface area contributed by atoms with Crippen LogP contribution in [0.2, 0.25) is 0 Å². The Morgan fingerprint density at radius 1 is 0.766 bits per heavy atom. The number of fused-ring (bicyclic) bond motifs is 1. The second kappa shape index (κ2) is 21.1. The van der Waals surface area contributed by atoms with Crippen LogP contribution < -0.4 is 21.3 Å². The van der Waals surface area contributed by atoms with Crippen LogP contribution in [-0.2, 0) is 35.0 Å². The molecule has 4 amide bonds. The molecule has 3 rings (SSSR count). The van der Waals surface area contributed by atoms with Gasteiger partial charge in [0.25, 0.3) is 0 Å². The van der Waals surface area contributed by atoms with Crippen molar-refractivity contribution in [2.75, 3.05) is 58.5 Å². The number of carbonyl (C=O) groups is 4. The van der Waals surface area contributed by atoms with Crippen molar-refractivity contribution < 1.29 is 51.0 Å². The van der Waals surface area contributed by atoms with Gasteiger partial charge in [0, 0.05) is 74.6 Å². The zero-order valence-corrected chi connectivity index (χ0v) is 27.1. The molecule has 1 aromatic rings. The highest BCUT2D eigenvalue weighted by Crippen LogP contribution is 2.33. The lowest BCUT2D eigenvalue weighted by Crippen LogP contribution is -2.36. The highest BCUT2D eigenvalue weighted by atomic mass is 32.2. The van der Waals surface area contributed by atoms with Gasteiger partial charge in [-0.3, -0.25) is 14.4 Å². The number of ketones is 1. The minimum atomic E-state index is -1.62. The van der Waals surface area contributed by atoms with Gasteiger partial charge in [0.15, 0.2) is 23.3 Å². The maximum Gasteiger partial charge on any atom is 0.315 e. The van der Waals surface area contributed by atoms with Gasteiger partial charge in [0.1, 0.15) is 5.78 Å². The third-order valence-corrected chi connectivity index (χ3v) is 9.12. The molecule has 0 spiro atoms. The molecule has 0 aromatic heterocycles. The summed E-state index contributed by atoms with van der Waals surface area (Å²) in [4.78, 5) is 47.3. The minimum absolute atomic E-state index is 0.0338. The van der Waals surface area contributed by atoms with E-state index >= 15 is 0 Å². The molecule has 264 valence electrons. The molecule has 0 bridgehead atoms. The second-order valence-corrected chi connectivity index (χ2v) is 12.5. The van der Waals surface area contributed by atoms with Gasteiger partial charge in [-0.1, -0.05) is 6.42 Å². The first-order valence-corrected chi connectivity index (χ1v) is 17.0. The molecule has 3 atom stereocenters. The van der Waals surface area contributed by atoms with E-state index in [0.29, 0.717) is 77.2 Å². The number of urea groups is 1. The molecule has 16 heteroatoms. The third kappa shape index (κ3) is 14.0. The van der Waals surface area contributed by atoms with Crippen LogP contribution in [0.25, 0.3) is 0 Å². The highest BCUT2D eigenvalue weighted by molar-refractivity contribution is 8.00. The topological polar surface area (TPSA) is 144 Å². The van der Waals surface area contributed by atoms with E-state index in [2.05, 4.69) is 21.3 Å². The summed E-state index contributed by atoms with van der Waals surface area (Å²) in [5.74, 6) is -6.62. The van der Waals surface area contributed by atoms with Gasteiger partial charge in [-0.15, -0.1) is 0 Å². The van der Waals surface area contributed by atoms with E-state index in [0.717, 1.165) is 25.0 Å². The number of hydrogen-bond acceptors (Lipinski definition) is 8. The average molecular weight is 693 g/mol. The Labute approximate surface area is 276 Å². The van der Waals surface area contributed by atoms with Crippen LogP contribution in [0.15, 0.2) is 6.07 Å². The molecular weight excluding hydrogens is 648 g/mol. The smallest absolute Gasteiger partial charge is 0.315 e. The molecule has 2 heterocycles. The highest BCUT2D eigenvalue weighted by Gasteiger charge is 2.42. The lowest BCUT2D eigenvalue weighted by Gasteiger charge is -2.16. The summed E-state index contributed by atoms with van der Waals surface area (Å²) in [7, 11) is 0. The molecule has 2 aliphatic heterocycles. The van der Waals surface area contributed by atoms with E-state index in [4.69, 9.17) is 14.2 Å². The summed E-state index contributed by atoms with van der Waals surface area (Å²) in [5.41, 5.74) is -0.990. The Balaban J connectivity index is 1.03. The summed E-state index contributed by atoms with van der Waals surface area (Å²) in [6.07, 6.45) is 3.05. The molecule has 2 aliphatic rings. The number of amides is 4. The predicted molar refractivity (Wildman–Crippen MR) is 166 cm³/mol. The summed E-state index contributed by atoms with van der Waals surface area (Å²) in [5, 5.41) is 11.8. The first-order valence-electron chi connectivity index (χ1n) is 15.9. The summed E-state index contributed by atoms with van der Waals surface area (Å²) in [6, 6.07) is 0.411. The Kier molecular flexibility index (Phi) is 17.3. The minimum Gasteiger partial charge on any atom is -0.379 e. The first-order chi connectivity index (χ1) is 22.7. The van der Waals surface area contributed by atoms with Crippen LogP contribution in [0.5, 0.6) is 0 Å². The van der Waals surface area contributed by atoms with Gasteiger partial charge in [-0.05, 0) is 25.7 Å². The maximum absolute atomic E-state index is 13.7. The number of benzene rings is 1. The molecule has 0 radical (unpaired) electrons. The van der Waals surface area contributed by atoms with Gasteiger partial charge >= 0.3 is 6.03 Å². The maximum atomic E-state index is 13.7. The lowest BCUT2D eigenvalue weighted by atomic mass is 10.0. The molecule has 0 unspecified atom stereocenters. The van der Waals surface area contributed by atoms with Crippen molar-refractivity contribution in [1.29, 1.82) is 0 Å². The van der Waals surface area contributed by atoms with Crippen molar-refractivity contribution in [3.8, 4) is 0 Å². The Hall–Kier alpha value is -2.95. The summed E-state index contributed by atoms with van der Waals surface area (Å²) in [6.45, 7) is 3.26. The molecule has 2 fully saturated rings. The van der Waals surface area contributed by atoms with Crippen molar-refractivity contribution in [2.24, 2.45) is 0 Å². The fraction of sp³-hybridized carbons (Fsp3) is 0.677. The fourth-order valence-electron chi connectivity index (χ4n) is 5.11. The summed E-state index contributed by atoms with van der Waals surface area (Å²) < 4.78 is 70.2. The number of carbonyl (C=O) groups excluding carboxylic acids is 4. The van der Waals surface area contributed by atoms with Gasteiger partial charge in [-0.25, -0.2) is 22.4 Å². The van der Waals surface area contributed by atoms with Gasteiger partial charge in [-0.2, -0.15) is 11.8 Å². The van der Waals surface area contributed by atoms with Gasteiger partial charge in [0.05, 0.1) is 38.5 Å². The van der Waals surface area contributed by atoms with Crippen molar-refractivity contribution in [2.45, 2.75) is 75.1 Å². The first kappa shape index (κ1) is 38.5. The van der Waals surface area contributed by atoms with Crippen molar-refractivity contribution in [3.63, 3.8) is 0 Å². The molecule has 4 N–H and O–H groups in total. The van der Waals surface area contributed by atoms with Crippen LogP contribution in [0.4, 0.5) is 22.4 Å². The molecule has 1 aromatic carbocycles. The fourth-order valence-corrected chi connectivity index (χ4v) is 6.66. The number of Topliss-reactive ketones (excluding diaryl/α,β-unsaturated/α-hetero) is 1. The van der Waals surface area contributed by atoms with E-state index in [1.165, 1.54) is 0 Å². The molecule has 2 saturated heterocycles. The average Bonchev–Trinajstić information content (AvgIpc) is 3.60. The monoisotopic (exact) mass is 692 g/mol. The second-order valence-electron chi connectivity index (χ2n) is 11.3. The zero-order chi connectivity index (χ0) is 34.0. The van der Waals surface area contributed by atoms with E-state index < -0.39 is 46.9 Å². The van der Waals surface area contributed by atoms with Crippen LogP contribution in [0.1, 0.15) is 56.9 Å². The molecule has 11 nitrogen and oxygen atoms in total. The standard InChI is InChI=1S/C31H44F4N4O7S/c32-22-18-23(33)29(35)21(28(22)34)17-20(40)7-8-27(42)37-10-4-12-45-14-16-46-15-13-44-11-3-9-36-26(41)6-2-1-5-25-30-24(19-47-25)38-31(43)39-30/h18,24-25,30H,1-17,19H2,(H,36,41)(H,37,42)(H2,38,39,43)/t24-,25-,30-/m0/s1. The molecular formula is C31H44F4N4O7S. The van der Waals surface area contributed by atoms with Crippen LogP contribution in [0.3, 0.4) is 0 Å². The van der Waals surface area contributed by atoms with E-state index in [1.54, 1.807) is 0 Å². The number of thioether (sulfide) groups is 1. The molecule has 0 aliphatic carbocycles. The number of unbranched alkanes of at least 4 members (excludes halogenated alkanes) is 1. The van der Waals surface area contributed by atoms with Gasteiger partial charge < -0.3 is 35.5 Å². The van der Waals surface area contributed by atoms with E-state index in [1.807, 2.05) is 11.8 Å². The van der Waals surface area contributed by atoms with Gasteiger partial charge in [0.2, 0.25) is 11.8 Å². The predicted octanol–water partition coefficient (Wildman–Crippen LogP) is 2.92. The van der Waals surface area contributed by atoms with Crippen molar-refractivity contribution in [3.05, 3.63) is 34.9 Å². The SMILES string of the molecule is O=C(CCC(=O)NCCCOCCOCCOCCCNC(=O)CCCC[C@@H]1SC[C@@H]2NC(=O)N[C@@H]21)Cc1c(F)c(F)cc(F)c1F. The van der Waals surface area contributed by atoms with E-state index in [9.17, 15) is 36.7 Å². The third-order valence-electron chi connectivity index (χ3n) is 7.61. The summed E-state index contributed by atoms with van der Waals surface area (Å²) >= 11 is 1.88. The number of halogens is 4. The lowest BCUT2D eigenvalue weighted by molar-refractivity contribution is -0.125. The van der Waals surface area contributed by atoms with E-state index in [-0.39, 0.29) is 42.9 Å².